The van der Waals surface area contributed by atoms with E-state index in [1.54, 1.807) is 23.1 Å². The van der Waals surface area contributed by atoms with Crippen molar-refractivity contribution in [3.05, 3.63) is 63.1 Å². The summed E-state index contributed by atoms with van der Waals surface area (Å²) in [5.41, 5.74) is 5.23. The molecule has 0 saturated carbocycles. The summed E-state index contributed by atoms with van der Waals surface area (Å²) in [5, 5.41) is 0.764. The van der Waals surface area contributed by atoms with Gasteiger partial charge < -0.3 is 0 Å². The molecule has 4 nitrogen and oxygen atoms in total. The van der Waals surface area contributed by atoms with E-state index in [-0.39, 0.29) is 17.6 Å². The van der Waals surface area contributed by atoms with Crippen molar-refractivity contribution in [2.45, 2.75) is 44.5 Å². The fraction of sp³-hybridized carbons (Fsp3) is 0.333. The number of carbonyl (C=O) groups excluding carboxylic acids is 2. The number of aryl methyl sites for hydroxylation is 1. The third-order valence-corrected chi connectivity index (χ3v) is 8.49. The van der Waals surface area contributed by atoms with E-state index in [9.17, 15) is 9.59 Å². The molecule has 0 aliphatic carbocycles. The maximum Gasteiger partial charge on any atom is 0.269 e. The Morgan fingerprint density at radius 2 is 1.81 bits per heavy atom. The van der Waals surface area contributed by atoms with Gasteiger partial charge in [-0.15, -0.1) is 11.8 Å². The number of allylic oxidation sites excluding steroid dienone is 1. The van der Waals surface area contributed by atoms with Crippen LogP contribution in [0.2, 0.25) is 10.0 Å². The van der Waals surface area contributed by atoms with Gasteiger partial charge in [0.2, 0.25) is 10.8 Å². The second kappa shape index (κ2) is 6.77. The third-order valence-electron chi connectivity index (χ3n) is 6.36. The lowest BCUT2D eigenvalue weighted by Crippen LogP contribution is -2.54. The molecule has 0 radical (unpaired) electrons. The van der Waals surface area contributed by atoms with E-state index in [0.717, 1.165) is 34.4 Å². The molecule has 2 amide bonds. The van der Waals surface area contributed by atoms with E-state index < -0.39 is 10.4 Å². The summed E-state index contributed by atoms with van der Waals surface area (Å²) in [6, 6.07) is 9.37. The second-order valence-corrected chi connectivity index (χ2v) is 10.8. The Hall–Kier alpha value is -1.95. The zero-order chi connectivity index (χ0) is 22.3. The lowest BCUT2D eigenvalue weighted by atomic mass is 9.87. The molecule has 3 heterocycles. The number of rotatable bonds is 2. The summed E-state index contributed by atoms with van der Waals surface area (Å²) in [6.45, 7) is 8.27. The van der Waals surface area contributed by atoms with Gasteiger partial charge in [0.1, 0.15) is 0 Å². The van der Waals surface area contributed by atoms with Crippen LogP contribution in [0.1, 0.15) is 44.4 Å². The van der Waals surface area contributed by atoms with Crippen LogP contribution in [0.4, 0.5) is 11.4 Å². The van der Waals surface area contributed by atoms with E-state index in [1.807, 2.05) is 18.7 Å². The number of amides is 2. The van der Waals surface area contributed by atoms with Gasteiger partial charge in [0, 0.05) is 16.8 Å². The standard InChI is InChI=1S/C24H22Cl2N2O2S/c1-5-14-8-16-13(2)11-23(3,4)28-21(16)17(9-14)24(22(28)30)27(20(29)12-31-24)15-6-7-18(25)19(26)10-15/h6-11H,5,12H2,1-4H3/t24-/m1/s1. The predicted molar refractivity (Wildman–Crippen MR) is 129 cm³/mol. The first kappa shape index (κ1) is 20.9. The highest BCUT2D eigenvalue weighted by Gasteiger charge is 2.64. The Morgan fingerprint density at radius 3 is 2.48 bits per heavy atom. The van der Waals surface area contributed by atoms with Crippen LogP contribution < -0.4 is 9.80 Å². The molecule has 0 unspecified atom stereocenters. The van der Waals surface area contributed by atoms with Gasteiger partial charge in [-0.2, -0.15) is 0 Å². The van der Waals surface area contributed by atoms with Crippen molar-refractivity contribution in [3.8, 4) is 0 Å². The minimum absolute atomic E-state index is 0.0901. The molecule has 0 aromatic heterocycles. The molecule has 3 aliphatic heterocycles. The summed E-state index contributed by atoms with van der Waals surface area (Å²) < 4.78 is 0. The van der Waals surface area contributed by atoms with Crippen LogP contribution in [0, 0.1) is 0 Å². The number of carbonyl (C=O) groups is 2. The largest absolute Gasteiger partial charge is 0.299 e. The Kier molecular flexibility index (Phi) is 4.57. The number of anilines is 2. The number of benzene rings is 2. The fourth-order valence-corrected chi connectivity index (χ4v) is 6.68. The number of fused-ring (bicyclic) bond motifs is 1. The lowest BCUT2D eigenvalue weighted by molar-refractivity contribution is -0.124. The first-order valence-electron chi connectivity index (χ1n) is 10.3. The van der Waals surface area contributed by atoms with Gasteiger partial charge in [0.15, 0.2) is 0 Å². The number of hydrogen-bond donors (Lipinski definition) is 0. The fourth-order valence-electron chi connectivity index (χ4n) is 5.06. The molecule has 0 bridgehead atoms. The molecule has 1 spiro atoms. The lowest BCUT2D eigenvalue weighted by Gasteiger charge is -2.40. The Bertz CT molecular complexity index is 1210. The van der Waals surface area contributed by atoms with Gasteiger partial charge in [-0.3, -0.25) is 19.4 Å². The number of halogens is 2. The highest BCUT2D eigenvalue weighted by molar-refractivity contribution is 8.02. The van der Waals surface area contributed by atoms with Crippen LogP contribution in [-0.4, -0.2) is 23.1 Å². The quantitative estimate of drug-likeness (QED) is 0.535. The summed E-state index contributed by atoms with van der Waals surface area (Å²) in [4.78, 5) is 29.8. The van der Waals surface area contributed by atoms with Gasteiger partial charge >= 0.3 is 0 Å². The van der Waals surface area contributed by atoms with Crippen molar-refractivity contribution < 1.29 is 9.59 Å². The average Bonchev–Trinajstić information content (AvgIpc) is 3.18. The molecule has 7 heteroatoms. The monoisotopic (exact) mass is 472 g/mol. The molecule has 2 aromatic rings. The molecular formula is C24H22Cl2N2O2S. The highest BCUT2D eigenvalue weighted by atomic mass is 35.5. The van der Waals surface area contributed by atoms with Gasteiger partial charge in [-0.1, -0.05) is 36.2 Å². The molecule has 5 rings (SSSR count). The molecule has 160 valence electrons. The van der Waals surface area contributed by atoms with Crippen molar-refractivity contribution >= 4 is 63.7 Å². The Balaban J connectivity index is 1.83. The van der Waals surface area contributed by atoms with Crippen molar-refractivity contribution in [1.29, 1.82) is 0 Å². The summed E-state index contributed by atoms with van der Waals surface area (Å²) in [6.07, 6.45) is 2.98. The maximum atomic E-state index is 14.2. The van der Waals surface area contributed by atoms with Crippen molar-refractivity contribution in [1.82, 2.24) is 0 Å². The zero-order valence-corrected chi connectivity index (χ0v) is 20.1. The van der Waals surface area contributed by atoms with Crippen LogP contribution in [0.3, 0.4) is 0 Å². The second-order valence-electron chi connectivity index (χ2n) is 8.77. The van der Waals surface area contributed by atoms with Crippen LogP contribution >= 0.6 is 35.0 Å². The topological polar surface area (TPSA) is 40.6 Å². The van der Waals surface area contributed by atoms with Crippen LogP contribution in [0.5, 0.6) is 0 Å². The maximum absolute atomic E-state index is 14.2. The SMILES string of the molecule is CCc1cc2c3c(c1)[C@@]1(SCC(=O)N1c1ccc(Cl)c(Cl)c1)C(=O)N3C(C)(C)C=C2C. The van der Waals surface area contributed by atoms with Crippen molar-refractivity contribution in [2.75, 3.05) is 15.6 Å². The molecular weight excluding hydrogens is 451 g/mol. The minimum atomic E-state index is -1.15. The van der Waals surface area contributed by atoms with Gasteiger partial charge in [-0.05, 0) is 68.7 Å². The number of thioether (sulfide) groups is 1. The first-order chi connectivity index (χ1) is 14.6. The normalized spacial score (nSPS) is 23.6. The molecule has 3 aliphatic rings. The molecule has 31 heavy (non-hydrogen) atoms. The molecule has 1 saturated heterocycles. The van der Waals surface area contributed by atoms with Crippen LogP contribution in [0.15, 0.2) is 36.4 Å². The smallest absolute Gasteiger partial charge is 0.269 e. The van der Waals surface area contributed by atoms with Crippen LogP contribution in [-0.2, 0) is 20.9 Å². The van der Waals surface area contributed by atoms with E-state index in [2.05, 4.69) is 32.1 Å². The Labute approximate surface area is 196 Å². The van der Waals surface area contributed by atoms with Gasteiger partial charge in [-0.25, -0.2) is 0 Å². The number of nitrogens with zero attached hydrogens (tertiary/aromatic N) is 2. The molecule has 1 atom stereocenters. The summed E-state index contributed by atoms with van der Waals surface area (Å²) in [7, 11) is 0. The zero-order valence-electron chi connectivity index (χ0n) is 17.8. The average molecular weight is 473 g/mol. The summed E-state index contributed by atoms with van der Waals surface area (Å²) in [5.74, 6) is 0.0139. The van der Waals surface area contributed by atoms with E-state index in [0.29, 0.717) is 15.7 Å². The van der Waals surface area contributed by atoms with Gasteiger partial charge in [0.25, 0.3) is 5.91 Å². The van der Waals surface area contributed by atoms with Gasteiger partial charge in [0.05, 0.1) is 27.0 Å². The van der Waals surface area contributed by atoms with Crippen molar-refractivity contribution in [3.63, 3.8) is 0 Å². The van der Waals surface area contributed by atoms with Crippen molar-refractivity contribution in [2.24, 2.45) is 0 Å². The third kappa shape index (κ3) is 2.69. The number of hydrogen-bond acceptors (Lipinski definition) is 3. The molecule has 2 aromatic carbocycles. The van der Waals surface area contributed by atoms with Crippen LogP contribution in [0.25, 0.3) is 5.57 Å². The van der Waals surface area contributed by atoms with E-state index in [1.165, 1.54) is 11.8 Å². The first-order valence-corrected chi connectivity index (χ1v) is 12.0. The minimum Gasteiger partial charge on any atom is -0.299 e. The molecule has 0 N–H and O–H groups in total. The highest BCUT2D eigenvalue weighted by Crippen LogP contribution is 2.60. The summed E-state index contributed by atoms with van der Waals surface area (Å²) >= 11 is 13.8. The Morgan fingerprint density at radius 1 is 1.06 bits per heavy atom. The molecule has 1 fully saturated rings. The van der Waals surface area contributed by atoms with E-state index >= 15 is 0 Å². The van der Waals surface area contributed by atoms with E-state index in [4.69, 9.17) is 23.2 Å². The predicted octanol–water partition coefficient (Wildman–Crippen LogP) is 6.03.